The summed E-state index contributed by atoms with van der Waals surface area (Å²) < 4.78 is 26.1. The molecule has 0 aliphatic rings. The number of hydrogen-bond acceptors (Lipinski definition) is 2. The van der Waals surface area contributed by atoms with E-state index in [1.807, 2.05) is 0 Å². The average molecular weight is 264 g/mol. The van der Waals surface area contributed by atoms with Crippen LogP contribution in [0.25, 0.3) is 5.65 Å². The fraction of sp³-hybridized carbons (Fsp3) is 0.143. The largest absolute Gasteiger partial charge is 0.347 e. The predicted octanol–water partition coefficient (Wildman–Crippen LogP) is 1.72. The number of pyridine rings is 1. The number of alkyl halides is 2. The fourth-order valence-corrected chi connectivity index (χ4v) is 1.60. The quantitative estimate of drug-likeness (QED) is 0.852. The van der Waals surface area contributed by atoms with Gasteiger partial charge in [0.05, 0.1) is 0 Å². The molecule has 0 unspecified atom stereocenters. The Bertz CT molecular complexity index is 533. The van der Waals surface area contributed by atoms with Crippen LogP contribution in [0.2, 0.25) is 0 Å². The van der Waals surface area contributed by atoms with E-state index in [0.717, 1.165) is 10.5 Å². The molecule has 0 bridgehead atoms. The molecule has 4 nitrogen and oxygen atoms in total. The highest BCUT2D eigenvalue weighted by Gasteiger charge is 2.14. The van der Waals surface area contributed by atoms with E-state index < -0.39 is 12.1 Å². The smallest absolute Gasteiger partial charge is 0.249 e. The molecule has 0 fully saturated rings. The number of hydrogen-bond donors (Lipinski definition) is 1. The van der Waals surface area contributed by atoms with Gasteiger partial charge in [-0.05, 0) is 22.0 Å². The van der Waals surface area contributed by atoms with Crippen LogP contribution in [0.15, 0.2) is 21.5 Å². The molecule has 0 aliphatic carbocycles. The van der Waals surface area contributed by atoms with E-state index in [-0.39, 0.29) is 15.7 Å². The molecule has 14 heavy (non-hydrogen) atoms. The van der Waals surface area contributed by atoms with Crippen molar-refractivity contribution in [1.29, 1.82) is 0 Å². The third-order valence-electron chi connectivity index (χ3n) is 1.77. The third kappa shape index (κ3) is 1.33. The molecule has 2 rings (SSSR count). The lowest BCUT2D eigenvalue weighted by atomic mass is 10.3. The first kappa shape index (κ1) is 9.32. The predicted molar refractivity (Wildman–Crippen MR) is 48.5 cm³/mol. The molecular weight excluding hydrogens is 260 g/mol. The number of aromatic nitrogens is 3. The third-order valence-corrected chi connectivity index (χ3v) is 2.43. The fourth-order valence-electron chi connectivity index (χ4n) is 1.11. The summed E-state index contributed by atoms with van der Waals surface area (Å²) in [5.74, 6) is 0. The number of halogens is 3. The lowest BCUT2D eigenvalue weighted by Crippen LogP contribution is -2.09. The minimum atomic E-state index is -2.60. The van der Waals surface area contributed by atoms with Gasteiger partial charge in [0.1, 0.15) is 0 Å². The van der Waals surface area contributed by atoms with Gasteiger partial charge in [0, 0.05) is 16.2 Å². The minimum Gasteiger partial charge on any atom is -0.249 e. The maximum Gasteiger partial charge on any atom is 0.347 e. The SMILES string of the molecule is O=c1[nH]nc2cc(C(F)F)c(Br)cn12. The van der Waals surface area contributed by atoms with E-state index in [9.17, 15) is 13.6 Å². The first-order chi connectivity index (χ1) is 6.59. The van der Waals surface area contributed by atoms with Crippen molar-refractivity contribution in [3.8, 4) is 0 Å². The second kappa shape index (κ2) is 3.16. The van der Waals surface area contributed by atoms with Crippen LogP contribution in [0, 0.1) is 0 Å². The lowest BCUT2D eigenvalue weighted by Gasteiger charge is -2.02. The molecule has 1 N–H and O–H groups in total. The Hall–Kier alpha value is -1.24. The van der Waals surface area contributed by atoms with Crippen LogP contribution in [0.1, 0.15) is 12.0 Å². The van der Waals surface area contributed by atoms with Crippen LogP contribution < -0.4 is 5.69 Å². The monoisotopic (exact) mass is 263 g/mol. The zero-order valence-corrected chi connectivity index (χ0v) is 8.25. The molecule has 74 valence electrons. The number of H-pyrrole nitrogens is 1. The standard InChI is InChI=1S/C7H4BrF2N3O/c8-4-2-13-5(11-12-7(13)14)1-3(4)6(9)10/h1-2,6H,(H,12,14). The van der Waals surface area contributed by atoms with Crippen molar-refractivity contribution in [1.82, 2.24) is 14.6 Å². The van der Waals surface area contributed by atoms with Crippen LogP contribution >= 0.6 is 15.9 Å². The molecule has 0 aromatic carbocycles. The van der Waals surface area contributed by atoms with Gasteiger partial charge in [0.25, 0.3) is 6.43 Å². The number of nitrogens with one attached hydrogen (secondary N) is 1. The lowest BCUT2D eigenvalue weighted by molar-refractivity contribution is 0.150. The number of nitrogens with zero attached hydrogens (tertiary/aromatic N) is 2. The second-order valence-electron chi connectivity index (χ2n) is 2.63. The Kier molecular flexibility index (Phi) is 2.10. The number of fused-ring (bicyclic) bond motifs is 1. The Balaban J connectivity index is 2.79. The first-order valence-corrected chi connectivity index (χ1v) is 4.43. The van der Waals surface area contributed by atoms with E-state index in [1.165, 1.54) is 6.20 Å². The van der Waals surface area contributed by atoms with Crippen LogP contribution in [-0.4, -0.2) is 14.6 Å². The van der Waals surface area contributed by atoms with Crippen molar-refractivity contribution in [3.63, 3.8) is 0 Å². The van der Waals surface area contributed by atoms with Gasteiger partial charge in [-0.3, -0.25) is 0 Å². The first-order valence-electron chi connectivity index (χ1n) is 3.64. The van der Waals surface area contributed by atoms with Crippen molar-refractivity contribution in [2.24, 2.45) is 0 Å². The van der Waals surface area contributed by atoms with E-state index in [1.54, 1.807) is 0 Å². The van der Waals surface area contributed by atoms with E-state index in [0.29, 0.717) is 0 Å². The summed E-state index contributed by atoms with van der Waals surface area (Å²) in [6.07, 6.45) is -1.33. The van der Waals surface area contributed by atoms with Crippen LogP contribution in [-0.2, 0) is 0 Å². The van der Waals surface area contributed by atoms with Gasteiger partial charge in [0.2, 0.25) is 0 Å². The molecule has 0 saturated carbocycles. The molecule has 0 aliphatic heterocycles. The Morgan fingerprint density at radius 3 is 2.93 bits per heavy atom. The zero-order valence-electron chi connectivity index (χ0n) is 6.67. The highest BCUT2D eigenvalue weighted by Crippen LogP contribution is 2.27. The molecule has 0 atom stereocenters. The summed E-state index contributed by atoms with van der Waals surface area (Å²) >= 11 is 2.96. The van der Waals surface area contributed by atoms with Crippen molar-refractivity contribution < 1.29 is 8.78 Å². The molecule has 0 saturated heterocycles. The van der Waals surface area contributed by atoms with Gasteiger partial charge in [-0.15, -0.1) is 0 Å². The van der Waals surface area contributed by atoms with Crippen molar-refractivity contribution in [2.45, 2.75) is 6.43 Å². The molecule has 2 heterocycles. The van der Waals surface area contributed by atoms with Crippen molar-refractivity contribution in [2.75, 3.05) is 0 Å². The number of rotatable bonds is 1. The van der Waals surface area contributed by atoms with Crippen molar-refractivity contribution >= 4 is 21.6 Å². The maximum absolute atomic E-state index is 12.4. The summed E-state index contributed by atoms with van der Waals surface area (Å²) in [4.78, 5) is 11.0. The van der Waals surface area contributed by atoms with Crippen LogP contribution in [0.5, 0.6) is 0 Å². The Morgan fingerprint density at radius 1 is 1.57 bits per heavy atom. The normalized spacial score (nSPS) is 11.4. The van der Waals surface area contributed by atoms with Gasteiger partial charge < -0.3 is 0 Å². The summed E-state index contributed by atoms with van der Waals surface area (Å²) in [7, 11) is 0. The van der Waals surface area contributed by atoms with E-state index >= 15 is 0 Å². The molecule has 0 spiro atoms. The number of aromatic amines is 1. The highest BCUT2D eigenvalue weighted by molar-refractivity contribution is 9.10. The molecule has 2 aromatic heterocycles. The molecular formula is C7H4BrF2N3O. The van der Waals surface area contributed by atoms with Gasteiger partial charge in [-0.1, -0.05) is 0 Å². The summed E-state index contributed by atoms with van der Waals surface area (Å²) in [5, 5.41) is 5.74. The van der Waals surface area contributed by atoms with Gasteiger partial charge in [-0.25, -0.2) is 23.1 Å². The zero-order chi connectivity index (χ0) is 10.3. The molecule has 7 heteroatoms. The maximum atomic E-state index is 12.4. The summed E-state index contributed by atoms with van der Waals surface area (Å²) in [5.41, 5.74) is -0.466. The topological polar surface area (TPSA) is 50.2 Å². The Morgan fingerprint density at radius 2 is 2.29 bits per heavy atom. The minimum absolute atomic E-state index is 0.175. The van der Waals surface area contributed by atoms with Crippen molar-refractivity contribution in [3.05, 3.63) is 32.8 Å². The highest BCUT2D eigenvalue weighted by atomic mass is 79.9. The summed E-state index contributed by atoms with van der Waals surface area (Å²) in [6, 6.07) is 1.16. The van der Waals surface area contributed by atoms with E-state index in [2.05, 4.69) is 26.1 Å². The Labute approximate surface area is 84.7 Å². The molecule has 2 aromatic rings. The average Bonchev–Trinajstić information content (AvgIpc) is 2.46. The van der Waals surface area contributed by atoms with E-state index in [4.69, 9.17) is 0 Å². The van der Waals surface area contributed by atoms with Gasteiger partial charge in [0.15, 0.2) is 5.65 Å². The van der Waals surface area contributed by atoms with Crippen LogP contribution in [0.3, 0.4) is 0 Å². The second-order valence-corrected chi connectivity index (χ2v) is 3.49. The molecule has 0 amide bonds. The van der Waals surface area contributed by atoms with Gasteiger partial charge in [-0.2, -0.15) is 5.10 Å². The summed E-state index contributed by atoms with van der Waals surface area (Å²) in [6.45, 7) is 0. The van der Waals surface area contributed by atoms with Crippen LogP contribution in [0.4, 0.5) is 8.78 Å². The molecule has 0 radical (unpaired) electrons. The van der Waals surface area contributed by atoms with Gasteiger partial charge >= 0.3 is 5.69 Å².